The molecule has 0 saturated carbocycles. The second-order valence-electron chi connectivity index (χ2n) is 2.98. The monoisotopic (exact) mass is 202 g/mol. The molecule has 0 bridgehead atoms. The molecule has 2 aromatic rings. The van der Waals surface area contributed by atoms with E-state index in [9.17, 15) is 0 Å². The summed E-state index contributed by atoms with van der Waals surface area (Å²) in [7, 11) is 0. The number of rotatable bonds is 2. The van der Waals surface area contributed by atoms with Crippen LogP contribution in [0.25, 0.3) is 12.2 Å². The summed E-state index contributed by atoms with van der Waals surface area (Å²) < 4.78 is 0. The third kappa shape index (κ3) is 2.24. The normalized spacial score (nSPS) is 10.9. The van der Waals surface area contributed by atoms with Crippen LogP contribution in [0.5, 0.6) is 5.75 Å². The summed E-state index contributed by atoms with van der Waals surface area (Å²) in [5, 5.41) is 13.2. The summed E-state index contributed by atoms with van der Waals surface area (Å²) in [6.45, 7) is 0. The summed E-state index contributed by atoms with van der Waals surface area (Å²) in [6.07, 6.45) is 4.09. The molecule has 0 saturated heterocycles. The first-order valence-corrected chi connectivity index (χ1v) is 5.28. The molecule has 0 fully saturated rings. The minimum atomic E-state index is 0.303. The lowest BCUT2D eigenvalue weighted by molar-refractivity contribution is 0.475. The highest BCUT2D eigenvalue weighted by atomic mass is 32.1. The van der Waals surface area contributed by atoms with Gasteiger partial charge in [0.05, 0.1) is 0 Å². The minimum absolute atomic E-state index is 0.303. The molecular formula is C12H10OS. The zero-order chi connectivity index (χ0) is 9.80. The van der Waals surface area contributed by atoms with E-state index in [2.05, 4.69) is 22.9 Å². The van der Waals surface area contributed by atoms with Gasteiger partial charge in [0.2, 0.25) is 0 Å². The summed E-state index contributed by atoms with van der Waals surface area (Å²) in [4.78, 5) is 0. The van der Waals surface area contributed by atoms with Crippen LogP contribution in [0.4, 0.5) is 0 Å². The zero-order valence-electron chi connectivity index (χ0n) is 7.55. The first-order chi connectivity index (χ1) is 6.84. The Kier molecular flexibility index (Phi) is 2.65. The van der Waals surface area contributed by atoms with Gasteiger partial charge in [-0.3, -0.25) is 0 Å². The van der Waals surface area contributed by atoms with Crippen LogP contribution < -0.4 is 0 Å². The summed E-state index contributed by atoms with van der Waals surface area (Å²) in [5.74, 6) is 0.303. The van der Waals surface area contributed by atoms with E-state index in [0.717, 1.165) is 5.56 Å². The molecule has 1 nitrogen and oxygen atoms in total. The van der Waals surface area contributed by atoms with Gasteiger partial charge in [0.15, 0.2) is 0 Å². The largest absolute Gasteiger partial charge is 0.508 e. The maximum atomic E-state index is 9.09. The van der Waals surface area contributed by atoms with Crippen molar-refractivity contribution in [1.82, 2.24) is 0 Å². The van der Waals surface area contributed by atoms with Crippen molar-refractivity contribution in [3.63, 3.8) is 0 Å². The smallest absolute Gasteiger partial charge is 0.115 e. The Morgan fingerprint density at radius 3 is 2.29 bits per heavy atom. The van der Waals surface area contributed by atoms with Crippen molar-refractivity contribution in [2.75, 3.05) is 0 Å². The van der Waals surface area contributed by atoms with Crippen LogP contribution in [-0.2, 0) is 0 Å². The predicted octanol–water partition coefficient (Wildman–Crippen LogP) is 3.62. The molecular weight excluding hydrogens is 192 g/mol. The van der Waals surface area contributed by atoms with Crippen molar-refractivity contribution in [2.24, 2.45) is 0 Å². The molecule has 70 valence electrons. The SMILES string of the molecule is Oc1ccc(/C=C/c2ccsc2)cc1. The average Bonchev–Trinajstić information content (AvgIpc) is 2.70. The van der Waals surface area contributed by atoms with Crippen LogP contribution in [0.3, 0.4) is 0 Å². The van der Waals surface area contributed by atoms with Crippen LogP contribution in [0.15, 0.2) is 41.1 Å². The van der Waals surface area contributed by atoms with Gasteiger partial charge in [-0.2, -0.15) is 11.3 Å². The first kappa shape index (κ1) is 9.03. The summed E-state index contributed by atoms with van der Waals surface area (Å²) >= 11 is 1.69. The Balaban J connectivity index is 2.15. The lowest BCUT2D eigenvalue weighted by atomic mass is 10.2. The van der Waals surface area contributed by atoms with Gasteiger partial charge in [-0.15, -0.1) is 0 Å². The Morgan fingerprint density at radius 2 is 1.64 bits per heavy atom. The number of phenols is 1. The van der Waals surface area contributed by atoms with Crippen LogP contribution in [-0.4, -0.2) is 5.11 Å². The zero-order valence-corrected chi connectivity index (χ0v) is 8.37. The second kappa shape index (κ2) is 4.11. The van der Waals surface area contributed by atoms with Crippen LogP contribution >= 0.6 is 11.3 Å². The quantitative estimate of drug-likeness (QED) is 0.788. The Labute approximate surface area is 87.0 Å². The predicted molar refractivity (Wildman–Crippen MR) is 61.4 cm³/mol. The summed E-state index contributed by atoms with van der Waals surface area (Å²) in [6, 6.07) is 9.22. The standard InChI is InChI=1S/C12H10OS/c13-12-5-3-10(4-6-12)1-2-11-7-8-14-9-11/h1-9,13H/b2-1+. The number of benzene rings is 1. The number of aromatic hydroxyl groups is 1. The fourth-order valence-electron chi connectivity index (χ4n) is 1.15. The number of thiophene rings is 1. The topological polar surface area (TPSA) is 20.2 Å². The fraction of sp³-hybridized carbons (Fsp3) is 0. The number of hydrogen-bond donors (Lipinski definition) is 1. The molecule has 1 heterocycles. The van der Waals surface area contributed by atoms with Gasteiger partial charge >= 0.3 is 0 Å². The number of phenolic OH excluding ortho intramolecular Hbond substituents is 1. The van der Waals surface area contributed by atoms with Crippen molar-refractivity contribution in [3.8, 4) is 5.75 Å². The highest BCUT2D eigenvalue weighted by Crippen LogP contribution is 2.14. The van der Waals surface area contributed by atoms with Crippen LogP contribution in [0, 0.1) is 0 Å². The van der Waals surface area contributed by atoms with E-state index in [0.29, 0.717) is 5.75 Å². The fourth-order valence-corrected chi connectivity index (χ4v) is 1.78. The van der Waals surface area contributed by atoms with Crippen molar-refractivity contribution in [2.45, 2.75) is 0 Å². The molecule has 0 amide bonds. The molecule has 1 N–H and O–H groups in total. The van der Waals surface area contributed by atoms with E-state index in [1.54, 1.807) is 23.5 Å². The van der Waals surface area contributed by atoms with Crippen molar-refractivity contribution in [3.05, 3.63) is 52.2 Å². The average molecular weight is 202 g/mol. The molecule has 0 aliphatic rings. The third-order valence-electron chi connectivity index (χ3n) is 1.90. The summed E-state index contributed by atoms with van der Waals surface area (Å²) in [5.41, 5.74) is 2.30. The van der Waals surface area contributed by atoms with Gasteiger partial charge in [-0.05, 0) is 40.1 Å². The maximum absolute atomic E-state index is 9.09. The second-order valence-corrected chi connectivity index (χ2v) is 3.76. The van der Waals surface area contributed by atoms with Crippen molar-refractivity contribution < 1.29 is 5.11 Å². The van der Waals surface area contributed by atoms with Gasteiger partial charge in [0.1, 0.15) is 5.75 Å². The molecule has 0 aliphatic carbocycles. The van der Waals surface area contributed by atoms with E-state index >= 15 is 0 Å². The molecule has 2 heteroatoms. The van der Waals surface area contributed by atoms with Gasteiger partial charge in [0, 0.05) is 0 Å². The maximum Gasteiger partial charge on any atom is 0.115 e. The molecule has 0 unspecified atom stereocenters. The molecule has 1 aromatic heterocycles. The molecule has 0 spiro atoms. The van der Waals surface area contributed by atoms with E-state index in [4.69, 9.17) is 5.11 Å². The lowest BCUT2D eigenvalue weighted by Gasteiger charge is -1.93. The third-order valence-corrected chi connectivity index (χ3v) is 2.61. The molecule has 0 aliphatic heterocycles. The van der Waals surface area contributed by atoms with E-state index in [1.807, 2.05) is 18.2 Å². The van der Waals surface area contributed by atoms with E-state index in [1.165, 1.54) is 5.56 Å². The van der Waals surface area contributed by atoms with Gasteiger partial charge in [-0.25, -0.2) is 0 Å². The highest BCUT2D eigenvalue weighted by molar-refractivity contribution is 7.08. The van der Waals surface area contributed by atoms with Gasteiger partial charge in [-0.1, -0.05) is 24.3 Å². The van der Waals surface area contributed by atoms with Gasteiger partial charge in [0.25, 0.3) is 0 Å². The van der Waals surface area contributed by atoms with Crippen LogP contribution in [0.1, 0.15) is 11.1 Å². The molecule has 2 rings (SSSR count). The molecule has 0 radical (unpaired) electrons. The van der Waals surface area contributed by atoms with Crippen LogP contribution in [0.2, 0.25) is 0 Å². The number of hydrogen-bond acceptors (Lipinski definition) is 2. The molecule has 1 aromatic carbocycles. The Morgan fingerprint density at radius 1 is 0.929 bits per heavy atom. The van der Waals surface area contributed by atoms with Crippen molar-refractivity contribution in [1.29, 1.82) is 0 Å². The highest BCUT2D eigenvalue weighted by Gasteiger charge is 1.88. The molecule has 0 atom stereocenters. The van der Waals surface area contributed by atoms with Crippen molar-refractivity contribution >= 4 is 23.5 Å². The lowest BCUT2D eigenvalue weighted by Crippen LogP contribution is -1.69. The minimum Gasteiger partial charge on any atom is -0.508 e. The Hall–Kier alpha value is -1.54. The van der Waals surface area contributed by atoms with Gasteiger partial charge < -0.3 is 5.11 Å². The van der Waals surface area contributed by atoms with E-state index in [-0.39, 0.29) is 0 Å². The van der Waals surface area contributed by atoms with E-state index < -0.39 is 0 Å². The molecule has 14 heavy (non-hydrogen) atoms. The Bertz CT molecular complexity index is 412. The first-order valence-electron chi connectivity index (χ1n) is 4.34.